The number of piperazine rings is 1. The van der Waals surface area contributed by atoms with Crippen LogP contribution in [0.1, 0.15) is 25.5 Å². The largest absolute Gasteiger partial charge is 0.378 e. The van der Waals surface area contributed by atoms with Crippen LogP contribution >= 0.6 is 0 Å². The molecule has 1 aromatic carbocycles. The van der Waals surface area contributed by atoms with Crippen molar-refractivity contribution in [2.24, 2.45) is 0 Å². The van der Waals surface area contributed by atoms with Gasteiger partial charge in [0.2, 0.25) is 5.91 Å². The summed E-state index contributed by atoms with van der Waals surface area (Å²) in [7, 11) is 0. The number of rotatable bonds is 2. The van der Waals surface area contributed by atoms with E-state index >= 15 is 0 Å². The van der Waals surface area contributed by atoms with Crippen LogP contribution in [0.3, 0.4) is 0 Å². The number of hydrogen-bond donors (Lipinski definition) is 2. The van der Waals surface area contributed by atoms with Crippen molar-refractivity contribution in [2.45, 2.75) is 25.5 Å². The zero-order chi connectivity index (χ0) is 14.0. The van der Waals surface area contributed by atoms with Crippen molar-refractivity contribution in [3.63, 3.8) is 0 Å². The highest BCUT2D eigenvalue weighted by Gasteiger charge is 2.42. The van der Waals surface area contributed by atoms with Crippen molar-refractivity contribution < 1.29 is 14.7 Å². The van der Waals surface area contributed by atoms with Crippen LogP contribution in [-0.2, 0) is 9.59 Å². The number of carbonyl (C=O) groups excluding carboxylic acids is 2. The average molecular weight is 262 g/mol. The van der Waals surface area contributed by atoms with E-state index in [-0.39, 0.29) is 5.91 Å². The van der Waals surface area contributed by atoms with Gasteiger partial charge in [-0.1, -0.05) is 30.3 Å². The van der Waals surface area contributed by atoms with Crippen LogP contribution < -0.4 is 5.32 Å². The molecule has 5 heteroatoms. The van der Waals surface area contributed by atoms with E-state index in [4.69, 9.17) is 0 Å². The molecule has 102 valence electrons. The molecule has 1 unspecified atom stereocenters. The second kappa shape index (κ2) is 5.01. The number of hydrogen-bond acceptors (Lipinski definition) is 3. The number of nitrogens with zero attached hydrogens (tertiary/aromatic N) is 1. The normalized spacial score (nSPS) is 19.7. The smallest absolute Gasteiger partial charge is 0.256 e. The van der Waals surface area contributed by atoms with Gasteiger partial charge in [-0.2, -0.15) is 0 Å². The van der Waals surface area contributed by atoms with E-state index < -0.39 is 17.6 Å². The van der Waals surface area contributed by atoms with Crippen LogP contribution in [0.15, 0.2) is 30.3 Å². The Balaban J connectivity index is 2.22. The highest BCUT2D eigenvalue weighted by molar-refractivity contribution is 5.93. The van der Waals surface area contributed by atoms with Gasteiger partial charge in [0.25, 0.3) is 5.91 Å². The maximum absolute atomic E-state index is 12.4. The first-order valence-corrected chi connectivity index (χ1v) is 6.27. The fraction of sp³-hybridized carbons (Fsp3) is 0.429. The molecule has 0 aliphatic carbocycles. The van der Waals surface area contributed by atoms with Gasteiger partial charge in [0.05, 0.1) is 0 Å². The second-order valence-electron chi connectivity index (χ2n) is 5.12. The molecule has 1 saturated heterocycles. The number of nitrogens with one attached hydrogen (secondary N) is 1. The predicted molar refractivity (Wildman–Crippen MR) is 70.2 cm³/mol. The Morgan fingerprint density at radius 3 is 2.63 bits per heavy atom. The SMILES string of the molecule is CC1(C)C(=O)NCCN1C(=O)C(O)c1ccccc1. The standard InChI is InChI=1S/C14H18N2O3/c1-14(2)13(19)15-8-9-16(14)12(18)11(17)10-6-4-3-5-7-10/h3-7,11,17H,8-9H2,1-2H3,(H,15,19). The summed E-state index contributed by atoms with van der Waals surface area (Å²) >= 11 is 0. The van der Waals surface area contributed by atoms with Crippen molar-refractivity contribution in [3.05, 3.63) is 35.9 Å². The molecule has 1 heterocycles. The molecule has 0 spiro atoms. The van der Waals surface area contributed by atoms with Crippen molar-refractivity contribution in [1.29, 1.82) is 0 Å². The fourth-order valence-electron chi connectivity index (χ4n) is 2.21. The third-order valence-electron chi connectivity index (χ3n) is 3.47. The lowest BCUT2D eigenvalue weighted by Gasteiger charge is -2.42. The van der Waals surface area contributed by atoms with Crippen LogP contribution in [0.5, 0.6) is 0 Å². The summed E-state index contributed by atoms with van der Waals surface area (Å²) in [6, 6.07) is 8.73. The first kappa shape index (κ1) is 13.5. The molecule has 1 fully saturated rings. The van der Waals surface area contributed by atoms with E-state index in [9.17, 15) is 14.7 Å². The van der Waals surface area contributed by atoms with E-state index in [2.05, 4.69) is 5.32 Å². The van der Waals surface area contributed by atoms with Gasteiger partial charge in [0.1, 0.15) is 5.54 Å². The Kier molecular flexibility index (Phi) is 3.57. The minimum absolute atomic E-state index is 0.202. The Hall–Kier alpha value is -1.88. The third kappa shape index (κ3) is 2.46. The number of amides is 2. The molecule has 2 rings (SSSR count). The molecule has 1 atom stereocenters. The number of carbonyl (C=O) groups is 2. The van der Waals surface area contributed by atoms with E-state index in [0.29, 0.717) is 18.7 Å². The lowest BCUT2D eigenvalue weighted by atomic mass is 9.97. The van der Waals surface area contributed by atoms with Crippen molar-refractivity contribution >= 4 is 11.8 Å². The van der Waals surface area contributed by atoms with E-state index in [0.717, 1.165) is 0 Å². The molecule has 0 aromatic heterocycles. The molecule has 5 nitrogen and oxygen atoms in total. The Morgan fingerprint density at radius 2 is 2.00 bits per heavy atom. The molecule has 0 radical (unpaired) electrons. The first-order valence-electron chi connectivity index (χ1n) is 6.27. The summed E-state index contributed by atoms with van der Waals surface area (Å²) in [6.45, 7) is 4.17. The van der Waals surface area contributed by atoms with Gasteiger partial charge in [-0.25, -0.2) is 0 Å². The zero-order valence-electron chi connectivity index (χ0n) is 11.1. The second-order valence-corrected chi connectivity index (χ2v) is 5.12. The van der Waals surface area contributed by atoms with Gasteiger partial charge in [-0.05, 0) is 19.4 Å². The van der Waals surface area contributed by atoms with Crippen LogP contribution in [-0.4, -0.2) is 40.4 Å². The molecule has 1 aliphatic rings. The summed E-state index contributed by atoms with van der Waals surface area (Å²) in [5.74, 6) is -0.640. The third-order valence-corrected chi connectivity index (χ3v) is 3.47. The molecule has 1 aliphatic heterocycles. The number of aliphatic hydroxyl groups excluding tert-OH is 1. The highest BCUT2D eigenvalue weighted by Crippen LogP contribution is 2.23. The quantitative estimate of drug-likeness (QED) is 0.813. The number of benzene rings is 1. The maximum atomic E-state index is 12.4. The summed E-state index contributed by atoms with van der Waals surface area (Å²) in [5.41, 5.74) is -0.403. The summed E-state index contributed by atoms with van der Waals surface area (Å²) in [6.07, 6.45) is -1.23. The zero-order valence-corrected chi connectivity index (χ0v) is 11.1. The molecule has 2 N–H and O–H groups in total. The lowest BCUT2D eigenvalue weighted by Crippen LogP contribution is -2.64. The van der Waals surface area contributed by atoms with Gasteiger partial charge in [-0.15, -0.1) is 0 Å². The summed E-state index contributed by atoms with van der Waals surface area (Å²) < 4.78 is 0. The number of aliphatic hydroxyl groups is 1. The molecule has 2 amide bonds. The Labute approximate surface area is 112 Å². The van der Waals surface area contributed by atoms with Crippen LogP contribution in [0.2, 0.25) is 0 Å². The topological polar surface area (TPSA) is 69.6 Å². The van der Waals surface area contributed by atoms with E-state index in [1.54, 1.807) is 38.1 Å². The summed E-state index contributed by atoms with van der Waals surface area (Å²) in [5, 5.41) is 12.9. The van der Waals surface area contributed by atoms with E-state index in [1.807, 2.05) is 6.07 Å². The van der Waals surface area contributed by atoms with Crippen LogP contribution in [0.25, 0.3) is 0 Å². The molecule has 0 bridgehead atoms. The monoisotopic (exact) mass is 262 g/mol. The van der Waals surface area contributed by atoms with E-state index in [1.165, 1.54) is 4.90 Å². The van der Waals surface area contributed by atoms with Crippen LogP contribution in [0, 0.1) is 0 Å². The van der Waals surface area contributed by atoms with Crippen molar-refractivity contribution in [1.82, 2.24) is 10.2 Å². The summed E-state index contributed by atoms with van der Waals surface area (Å²) in [4.78, 5) is 25.6. The van der Waals surface area contributed by atoms with Crippen molar-refractivity contribution in [2.75, 3.05) is 13.1 Å². The minimum atomic E-state index is -1.23. The van der Waals surface area contributed by atoms with Gasteiger partial charge in [0.15, 0.2) is 6.10 Å². The Bertz CT molecular complexity index is 485. The average Bonchev–Trinajstić information content (AvgIpc) is 2.41. The first-order chi connectivity index (χ1) is 8.94. The molecule has 0 saturated carbocycles. The maximum Gasteiger partial charge on any atom is 0.256 e. The van der Waals surface area contributed by atoms with Gasteiger partial charge < -0.3 is 15.3 Å². The van der Waals surface area contributed by atoms with Gasteiger partial charge >= 0.3 is 0 Å². The lowest BCUT2D eigenvalue weighted by molar-refractivity contribution is -0.155. The van der Waals surface area contributed by atoms with Crippen molar-refractivity contribution in [3.8, 4) is 0 Å². The Morgan fingerprint density at radius 1 is 1.37 bits per heavy atom. The molecular formula is C14H18N2O3. The van der Waals surface area contributed by atoms with Gasteiger partial charge in [-0.3, -0.25) is 9.59 Å². The van der Waals surface area contributed by atoms with Gasteiger partial charge in [0, 0.05) is 13.1 Å². The van der Waals surface area contributed by atoms with Crippen LogP contribution in [0.4, 0.5) is 0 Å². The predicted octanol–water partition coefficient (Wildman–Crippen LogP) is 0.457. The molecule has 19 heavy (non-hydrogen) atoms. The fourth-order valence-corrected chi connectivity index (χ4v) is 2.21. The minimum Gasteiger partial charge on any atom is -0.378 e. The highest BCUT2D eigenvalue weighted by atomic mass is 16.3. The molecule has 1 aromatic rings. The molecular weight excluding hydrogens is 244 g/mol.